The minimum Gasteiger partial charge on any atom is -0.393 e. The molecule has 4 atom stereocenters. The van der Waals surface area contributed by atoms with Gasteiger partial charge >= 0.3 is 0 Å². The highest BCUT2D eigenvalue weighted by Crippen LogP contribution is 2.32. The summed E-state index contributed by atoms with van der Waals surface area (Å²) in [6, 6.07) is 0. The number of amides is 1. The van der Waals surface area contributed by atoms with Gasteiger partial charge in [0.05, 0.1) is 6.10 Å². The van der Waals surface area contributed by atoms with Crippen LogP contribution in [0.25, 0.3) is 0 Å². The smallest absolute Gasteiger partial charge is 0.226 e. The summed E-state index contributed by atoms with van der Waals surface area (Å²) in [7, 11) is 0. The van der Waals surface area contributed by atoms with E-state index >= 15 is 0 Å². The van der Waals surface area contributed by atoms with Crippen LogP contribution in [0.3, 0.4) is 0 Å². The van der Waals surface area contributed by atoms with Crippen molar-refractivity contribution < 1.29 is 9.90 Å². The molecule has 2 aliphatic rings. The van der Waals surface area contributed by atoms with Crippen molar-refractivity contribution in [3.8, 4) is 0 Å². The second kappa shape index (κ2) is 6.02. The summed E-state index contributed by atoms with van der Waals surface area (Å²) in [5, 5.41) is 9.60. The number of carbonyl (C=O) groups is 1. The predicted octanol–water partition coefficient (Wildman–Crippen LogP) is 0.981. The molecule has 0 aromatic carbocycles. The third-order valence-electron chi connectivity index (χ3n) is 4.75. The van der Waals surface area contributed by atoms with Crippen LogP contribution in [0.2, 0.25) is 0 Å². The van der Waals surface area contributed by atoms with Crippen molar-refractivity contribution in [2.75, 3.05) is 19.6 Å². The highest BCUT2D eigenvalue weighted by atomic mass is 16.3. The molecule has 0 aromatic rings. The fraction of sp³-hybridized carbons (Fsp3) is 0.929. The highest BCUT2D eigenvalue weighted by Gasteiger charge is 2.36. The maximum absolute atomic E-state index is 12.5. The average molecular weight is 254 g/mol. The monoisotopic (exact) mass is 254 g/mol. The molecule has 1 aliphatic carbocycles. The van der Waals surface area contributed by atoms with E-state index in [9.17, 15) is 9.90 Å². The Bertz CT molecular complexity index is 294. The summed E-state index contributed by atoms with van der Waals surface area (Å²) in [4.78, 5) is 14.5. The summed E-state index contributed by atoms with van der Waals surface area (Å²) in [6.45, 7) is 3.98. The standard InChI is InChI=1S/C14H26N2O2/c1-10(17)12-6-7-16(9-12)14(18)13-5-3-2-4-11(13)8-15/h10-13,17H,2-9,15H2,1H3. The van der Waals surface area contributed by atoms with Crippen molar-refractivity contribution in [3.05, 3.63) is 0 Å². The number of carbonyl (C=O) groups excluding carboxylic acids is 1. The minimum atomic E-state index is -0.306. The van der Waals surface area contributed by atoms with Crippen LogP contribution in [-0.2, 0) is 4.79 Å². The molecule has 4 unspecified atom stereocenters. The van der Waals surface area contributed by atoms with Gasteiger partial charge in [-0.25, -0.2) is 0 Å². The molecule has 1 aliphatic heterocycles. The Morgan fingerprint density at radius 1 is 1.39 bits per heavy atom. The van der Waals surface area contributed by atoms with Crippen molar-refractivity contribution in [1.29, 1.82) is 0 Å². The van der Waals surface area contributed by atoms with Crippen LogP contribution in [0.15, 0.2) is 0 Å². The normalized spacial score (nSPS) is 34.6. The first-order valence-corrected chi connectivity index (χ1v) is 7.30. The van der Waals surface area contributed by atoms with E-state index in [0.717, 1.165) is 38.8 Å². The van der Waals surface area contributed by atoms with Crippen molar-refractivity contribution in [3.63, 3.8) is 0 Å². The molecule has 18 heavy (non-hydrogen) atoms. The van der Waals surface area contributed by atoms with Crippen molar-refractivity contribution in [2.24, 2.45) is 23.5 Å². The first-order valence-electron chi connectivity index (χ1n) is 7.30. The molecule has 1 heterocycles. The lowest BCUT2D eigenvalue weighted by atomic mass is 9.78. The van der Waals surface area contributed by atoms with E-state index in [0.29, 0.717) is 12.5 Å². The summed E-state index contributed by atoms with van der Waals surface area (Å²) in [6.07, 6.45) is 5.09. The molecular formula is C14H26N2O2. The van der Waals surface area contributed by atoms with Crippen molar-refractivity contribution in [2.45, 2.75) is 45.1 Å². The van der Waals surface area contributed by atoms with Gasteiger partial charge in [-0.15, -0.1) is 0 Å². The van der Waals surface area contributed by atoms with E-state index in [1.54, 1.807) is 0 Å². The van der Waals surface area contributed by atoms with Crippen molar-refractivity contribution in [1.82, 2.24) is 4.90 Å². The average Bonchev–Trinajstić information content (AvgIpc) is 2.87. The molecule has 3 N–H and O–H groups in total. The Kier molecular flexibility index (Phi) is 4.62. The lowest BCUT2D eigenvalue weighted by Gasteiger charge is -2.32. The van der Waals surface area contributed by atoms with Crippen LogP contribution >= 0.6 is 0 Å². The van der Waals surface area contributed by atoms with Gasteiger partial charge in [0.15, 0.2) is 0 Å². The molecule has 0 radical (unpaired) electrons. The third kappa shape index (κ3) is 2.86. The second-order valence-electron chi connectivity index (χ2n) is 5.96. The van der Waals surface area contributed by atoms with E-state index in [1.807, 2.05) is 11.8 Å². The Hall–Kier alpha value is -0.610. The number of aliphatic hydroxyl groups excluding tert-OH is 1. The zero-order chi connectivity index (χ0) is 13.1. The van der Waals surface area contributed by atoms with E-state index in [1.165, 1.54) is 6.42 Å². The maximum atomic E-state index is 12.5. The third-order valence-corrected chi connectivity index (χ3v) is 4.75. The van der Waals surface area contributed by atoms with Crippen LogP contribution in [0.5, 0.6) is 0 Å². The SMILES string of the molecule is CC(O)C1CCN(C(=O)C2CCCCC2CN)C1. The zero-order valence-corrected chi connectivity index (χ0v) is 11.3. The second-order valence-corrected chi connectivity index (χ2v) is 5.96. The number of hydrogen-bond donors (Lipinski definition) is 2. The van der Waals surface area contributed by atoms with E-state index < -0.39 is 0 Å². The largest absolute Gasteiger partial charge is 0.393 e. The van der Waals surface area contributed by atoms with Gasteiger partial charge in [0.25, 0.3) is 0 Å². The molecule has 4 heteroatoms. The van der Waals surface area contributed by atoms with Gasteiger partial charge in [-0.1, -0.05) is 12.8 Å². The first kappa shape index (κ1) is 13.8. The number of aliphatic hydroxyl groups is 1. The van der Waals surface area contributed by atoms with Gasteiger partial charge in [0, 0.05) is 24.9 Å². The Morgan fingerprint density at radius 2 is 2.11 bits per heavy atom. The number of nitrogens with two attached hydrogens (primary N) is 1. The molecule has 104 valence electrons. The van der Waals surface area contributed by atoms with E-state index in [-0.39, 0.29) is 23.8 Å². The zero-order valence-electron chi connectivity index (χ0n) is 11.3. The lowest BCUT2D eigenvalue weighted by Crippen LogP contribution is -2.41. The molecule has 0 aromatic heterocycles. The van der Waals surface area contributed by atoms with Crippen LogP contribution in [0, 0.1) is 17.8 Å². The summed E-state index contributed by atoms with van der Waals surface area (Å²) < 4.78 is 0. The van der Waals surface area contributed by atoms with Crippen LogP contribution in [0.4, 0.5) is 0 Å². The molecule has 0 bridgehead atoms. The highest BCUT2D eigenvalue weighted by molar-refractivity contribution is 5.79. The Morgan fingerprint density at radius 3 is 2.72 bits per heavy atom. The topological polar surface area (TPSA) is 66.6 Å². The maximum Gasteiger partial charge on any atom is 0.226 e. The molecule has 1 saturated carbocycles. The molecule has 0 spiro atoms. The summed E-state index contributed by atoms with van der Waals surface area (Å²) >= 11 is 0. The number of rotatable bonds is 3. The molecular weight excluding hydrogens is 228 g/mol. The van der Waals surface area contributed by atoms with Gasteiger partial charge in [0.2, 0.25) is 5.91 Å². The summed E-state index contributed by atoms with van der Waals surface area (Å²) in [5.74, 6) is 1.05. The van der Waals surface area contributed by atoms with E-state index in [2.05, 4.69) is 0 Å². The lowest BCUT2D eigenvalue weighted by molar-refractivity contribution is -0.137. The van der Waals surface area contributed by atoms with Gasteiger partial charge in [-0.3, -0.25) is 4.79 Å². The van der Waals surface area contributed by atoms with Gasteiger partial charge in [-0.05, 0) is 38.6 Å². The molecule has 1 amide bonds. The quantitative estimate of drug-likeness (QED) is 0.789. The number of hydrogen-bond acceptors (Lipinski definition) is 3. The van der Waals surface area contributed by atoms with E-state index in [4.69, 9.17) is 5.73 Å². The molecule has 4 nitrogen and oxygen atoms in total. The number of nitrogens with zero attached hydrogens (tertiary/aromatic N) is 1. The summed E-state index contributed by atoms with van der Waals surface area (Å²) in [5.41, 5.74) is 5.79. The van der Waals surface area contributed by atoms with Crippen LogP contribution < -0.4 is 5.73 Å². The number of likely N-dealkylation sites (tertiary alicyclic amines) is 1. The van der Waals surface area contributed by atoms with Gasteiger partial charge in [-0.2, -0.15) is 0 Å². The van der Waals surface area contributed by atoms with Gasteiger partial charge < -0.3 is 15.7 Å². The van der Waals surface area contributed by atoms with Gasteiger partial charge in [0.1, 0.15) is 0 Å². The predicted molar refractivity (Wildman–Crippen MR) is 70.9 cm³/mol. The Labute approximate surface area is 110 Å². The van der Waals surface area contributed by atoms with Crippen LogP contribution in [0.1, 0.15) is 39.0 Å². The first-order chi connectivity index (χ1) is 8.63. The molecule has 1 saturated heterocycles. The molecule has 2 rings (SSSR count). The fourth-order valence-corrected chi connectivity index (χ4v) is 3.43. The molecule has 2 fully saturated rings. The van der Waals surface area contributed by atoms with Crippen molar-refractivity contribution >= 4 is 5.91 Å². The minimum absolute atomic E-state index is 0.136. The fourth-order valence-electron chi connectivity index (χ4n) is 3.43. The Balaban J connectivity index is 1.94. The van der Waals surface area contributed by atoms with Crippen LogP contribution in [-0.4, -0.2) is 41.7 Å².